The van der Waals surface area contributed by atoms with E-state index in [0.717, 1.165) is 19.5 Å². The lowest BCUT2D eigenvalue weighted by Crippen LogP contribution is -2.37. The minimum Gasteiger partial charge on any atom is -0.479 e. The van der Waals surface area contributed by atoms with Crippen LogP contribution < -0.4 is 10.1 Å². The van der Waals surface area contributed by atoms with Crippen molar-refractivity contribution in [1.29, 1.82) is 0 Å². The molecule has 20 heavy (non-hydrogen) atoms. The van der Waals surface area contributed by atoms with Gasteiger partial charge in [0.25, 0.3) is 0 Å². The molecule has 1 N–H and O–H groups in total. The third kappa shape index (κ3) is 3.59. The van der Waals surface area contributed by atoms with Gasteiger partial charge in [-0.05, 0) is 24.7 Å². The van der Waals surface area contributed by atoms with Gasteiger partial charge in [-0.25, -0.2) is 9.78 Å². The van der Waals surface area contributed by atoms with Crippen molar-refractivity contribution in [2.75, 3.05) is 25.5 Å². The van der Waals surface area contributed by atoms with Crippen LogP contribution in [-0.2, 0) is 0 Å². The number of carbonyl (C=O) groups excluding carboxylic acids is 1. The standard InChI is InChI=1S/C14H22N4O2/c1-10-4-5-18(8-11(2)6-10)14(19)17-12-7-15-9-16-13(12)20-3/h7,9-11H,4-6,8H2,1-3H3,(H,17,19)/t10-,11+/m0/s1. The number of hydrogen-bond acceptors (Lipinski definition) is 4. The summed E-state index contributed by atoms with van der Waals surface area (Å²) in [6.07, 6.45) is 5.15. The predicted molar refractivity (Wildman–Crippen MR) is 76.7 cm³/mol. The van der Waals surface area contributed by atoms with Crippen molar-refractivity contribution in [2.45, 2.75) is 26.7 Å². The maximum atomic E-state index is 12.3. The van der Waals surface area contributed by atoms with Crippen LogP contribution in [0, 0.1) is 11.8 Å². The third-order valence-corrected chi connectivity index (χ3v) is 3.63. The Bertz CT molecular complexity index is 466. The molecule has 1 saturated heterocycles. The van der Waals surface area contributed by atoms with Gasteiger partial charge in [0.15, 0.2) is 0 Å². The van der Waals surface area contributed by atoms with E-state index < -0.39 is 0 Å². The number of nitrogens with one attached hydrogen (secondary N) is 1. The largest absolute Gasteiger partial charge is 0.479 e. The average molecular weight is 278 g/mol. The Balaban J connectivity index is 2.04. The quantitative estimate of drug-likeness (QED) is 0.902. The third-order valence-electron chi connectivity index (χ3n) is 3.63. The van der Waals surface area contributed by atoms with Crippen molar-refractivity contribution >= 4 is 11.7 Å². The summed E-state index contributed by atoms with van der Waals surface area (Å²) in [7, 11) is 1.52. The maximum absolute atomic E-state index is 12.3. The van der Waals surface area contributed by atoms with Crippen LogP contribution in [0.5, 0.6) is 5.88 Å². The van der Waals surface area contributed by atoms with Crippen molar-refractivity contribution in [3.63, 3.8) is 0 Å². The first-order chi connectivity index (χ1) is 9.60. The Morgan fingerprint density at radius 1 is 1.45 bits per heavy atom. The molecule has 2 rings (SSSR count). The molecule has 1 fully saturated rings. The molecule has 110 valence electrons. The van der Waals surface area contributed by atoms with Crippen molar-refractivity contribution in [1.82, 2.24) is 14.9 Å². The number of methoxy groups -OCH3 is 1. The molecule has 2 amide bonds. The Morgan fingerprint density at radius 2 is 2.25 bits per heavy atom. The second-order valence-corrected chi connectivity index (χ2v) is 5.56. The van der Waals surface area contributed by atoms with E-state index >= 15 is 0 Å². The fraction of sp³-hybridized carbons (Fsp3) is 0.643. The second kappa shape index (κ2) is 6.54. The minimum atomic E-state index is -0.112. The van der Waals surface area contributed by atoms with E-state index in [9.17, 15) is 4.79 Å². The molecule has 0 radical (unpaired) electrons. The number of carbonyl (C=O) groups is 1. The van der Waals surface area contributed by atoms with E-state index in [-0.39, 0.29) is 6.03 Å². The number of hydrogen-bond donors (Lipinski definition) is 1. The highest BCUT2D eigenvalue weighted by Gasteiger charge is 2.23. The number of amides is 2. The monoisotopic (exact) mass is 278 g/mol. The lowest BCUT2D eigenvalue weighted by atomic mass is 9.97. The van der Waals surface area contributed by atoms with Gasteiger partial charge in [0, 0.05) is 13.1 Å². The molecule has 2 heterocycles. The Hall–Kier alpha value is -1.85. The summed E-state index contributed by atoms with van der Waals surface area (Å²) >= 11 is 0. The van der Waals surface area contributed by atoms with E-state index in [2.05, 4.69) is 29.1 Å². The molecule has 0 unspecified atom stereocenters. The number of ether oxygens (including phenoxy) is 1. The molecule has 1 aliphatic heterocycles. The smallest absolute Gasteiger partial charge is 0.322 e. The summed E-state index contributed by atoms with van der Waals surface area (Å²) in [4.78, 5) is 22.1. The van der Waals surface area contributed by atoms with Crippen LogP contribution in [0.1, 0.15) is 26.7 Å². The summed E-state index contributed by atoms with van der Waals surface area (Å²) < 4.78 is 5.11. The number of nitrogens with zero attached hydrogens (tertiary/aromatic N) is 3. The highest BCUT2D eigenvalue weighted by Crippen LogP contribution is 2.23. The molecule has 0 bridgehead atoms. The summed E-state index contributed by atoms with van der Waals surface area (Å²) in [6.45, 7) is 6.00. The number of rotatable bonds is 2. The molecule has 0 spiro atoms. The molecule has 0 aromatic carbocycles. The molecule has 0 saturated carbocycles. The van der Waals surface area contributed by atoms with Crippen molar-refractivity contribution in [2.24, 2.45) is 11.8 Å². The minimum absolute atomic E-state index is 0.112. The summed E-state index contributed by atoms with van der Waals surface area (Å²) in [5.41, 5.74) is 0.505. The SMILES string of the molecule is COc1ncncc1NC(=O)N1CC[C@H](C)C[C@@H](C)C1. The van der Waals surface area contributed by atoms with Crippen LogP contribution in [-0.4, -0.2) is 41.1 Å². The first kappa shape index (κ1) is 14.6. The van der Waals surface area contributed by atoms with Crippen LogP contribution in [0.15, 0.2) is 12.5 Å². The molecule has 1 aliphatic rings. The first-order valence-corrected chi connectivity index (χ1v) is 7.00. The Labute approximate surface area is 119 Å². The van der Waals surface area contributed by atoms with Gasteiger partial charge in [-0.3, -0.25) is 0 Å². The summed E-state index contributed by atoms with van der Waals surface area (Å²) in [5, 5.41) is 2.83. The second-order valence-electron chi connectivity index (χ2n) is 5.56. The van der Waals surface area contributed by atoms with Gasteiger partial charge < -0.3 is 15.0 Å². The number of urea groups is 1. The van der Waals surface area contributed by atoms with Gasteiger partial charge in [-0.2, -0.15) is 4.98 Å². The fourth-order valence-corrected chi connectivity index (χ4v) is 2.67. The Morgan fingerprint density at radius 3 is 3.00 bits per heavy atom. The molecule has 0 aliphatic carbocycles. The highest BCUT2D eigenvalue weighted by atomic mass is 16.5. The highest BCUT2D eigenvalue weighted by molar-refractivity contribution is 5.90. The number of aromatic nitrogens is 2. The van der Waals surface area contributed by atoms with Gasteiger partial charge >= 0.3 is 6.03 Å². The first-order valence-electron chi connectivity index (χ1n) is 7.00. The zero-order chi connectivity index (χ0) is 14.5. The van der Waals surface area contributed by atoms with Crippen molar-refractivity contribution in [3.05, 3.63) is 12.5 Å². The van der Waals surface area contributed by atoms with Gasteiger partial charge in [-0.15, -0.1) is 0 Å². The van der Waals surface area contributed by atoms with E-state index in [1.165, 1.54) is 19.9 Å². The van der Waals surface area contributed by atoms with Crippen LogP contribution in [0.2, 0.25) is 0 Å². The van der Waals surface area contributed by atoms with Gasteiger partial charge in [0.05, 0.1) is 13.3 Å². The lowest BCUT2D eigenvalue weighted by molar-refractivity contribution is 0.207. The average Bonchev–Trinajstić information content (AvgIpc) is 2.60. The molecular weight excluding hydrogens is 256 g/mol. The number of anilines is 1. The molecule has 2 atom stereocenters. The van der Waals surface area contributed by atoms with Gasteiger partial charge in [-0.1, -0.05) is 13.8 Å². The topological polar surface area (TPSA) is 67.4 Å². The van der Waals surface area contributed by atoms with Crippen molar-refractivity contribution in [3.8, 4) is 5.88 Å². The van der Waals surface area contributed by atoms with Crippen LogP contribution in [0.3, 0.4) is 0 Å². The molecule has 6 heteroatoms. The van der Waals surface area contributed by atoms with Crippen LogP contribution in [0.4, 0.5) is 10.5 Å². The Kier molecular flexibility index (Phi) is 4.76. The van der Waals surface area contributed by atoms with E-state index in [1.54, 1.807) is 6.20 Å². The van der Waals surface area contributed by atoms with Crippen LogP contribution >= 0.6 is 0 Å². The maximum Gasteiger partial charge on any atom is 0.322 e. The molecule has 1 aromatic heterocycles. The van der Waals surface area contributed by atoms with E-state index in [0.29, 0.717) is 23.4 Å². The number of likely N-dealkylation sites (tertiary alicyclic amines) is 1. The zero-order valence-electron chi connectivity index (χ0n) is 12.3. The molecule has 1 aromatic rings. The summed E-state index contributed by atoms with van der Waals surface area (Å²) in [5.74, 6) is 1.56. The molecule has 6 nitrogen and oxygen atoms in total. The fourth-order valence-electron chi connectivity index (χ4n) is 2.67. The summed E-state index contributed by atoms with van der Waals surface area (Å²) in [6, 6.07) is -0.112. The molecular formula is C14H22N4O2. The van der Waals surface area contributed by atoms with Gasteiger partial charge in [0.2, 0.25) is 5.88 Å². The zero-order valence-corrected chi connectivity index (χ0v) is 12.3. The lowest BCUT2D eigenvalue weighted by Gasteiger charge is -2.23. The van der Waals surface area contributed by atoms with E-state index in [4.69, 9.17) is 4.74 Å². The van der Waals surface area contributed by atoms with E-state index in [1.807, 2.05) is 4.90 Å². The normalized spacial score (nSPS) is 23.1. The predicted octanol–water partition coefficient (Wildman–Crippen LogP) is 2.39. The van der Waals surface area contributed by atoms with Gasteiger partial charge in [0.1, 0.15) is 12.0 Å². The van der Waals surface area contributed by atoms with Crippen LogP contribution in [0.25, 0.3) is 0 Å². The van der Waals surface area contributed by atoms with Crippen molar-refractivity contribution < 1.29 is 9.53 Å².